The summed E-state index contributed by atoms with van der Waals surface area (Å²) in [5.41, 5.74) is 0.595. The highest BCUT2D eigenvalue weighted by atomic mass is 32.2. The predicted molar refractivity (Wildman–Crippen MR) is 117 cm³/mol. The van der Waals surface area contributed by atoms with Crippen molar-refractivity contribution < 1.29 is 27.8 Å². The summed E-state index contributed by atoms with van der Waals surface area (Å²) in [6, 6.07) is 4.10. The van der Waals surface area contributed by atoms with E-state index in [0.29, 0.717) is 18.5 Å². The maximum absolute atomic E-state index is 13.4. The number of likely N-dealkylation sites (N-methyl/N-ethyl adjacent to an activating group) is 1. The molecule has 0 bridgehead atoms. The smallest absolute Gasteiger partial charge is 0.247 e. The maximum Gasteiger partial charge on any atom is 0.247 e. The van der Waals surface area contributed by atoms with E-state index in [1.165, 1.54) is 10.4 Å². The number of fused-ring (bicyclic) bond motifs is 1. The van der Waals surface area contributed by atoms with Crippen LogP contribution in [0.3, 0.4) is 0 Å². The largest absolute Gasteiger partial charge is 0.487 e. The number of rotatable bonds is 6. The molecule has 0 unspecified atom stereocenters. The summed E-state index contributed by atoms with van der Waals surface area (Å²) in [5.74, 6) is 5.71. The molecule has 0 aromatic heterocycles. The van der Waals surface area contributed by atoms with Crippen LogP contribution in [0, 0.1) is 17.8 Å². The predicted octanol–water partition coefficient (Wildman–Crippen LogP) is 1.32. The molecule has 2 rings (SSSR count). The number of sulfonamides is 1. The lowest BCUT2D eigenvalue weighted by Gasteiger charge is -2.37. The number of nitrogens with zero attached hydrogens (tertiary/aromatic N) is 2. The molecule has 0 fully saturated rings. The zero-order valence-corrected chi connectivity index (χ0v) is 19.6. The fourth-order valence-corrected chi connectivity index (χ4v) is 5.20. The van der Waals surface area contributed by atoms with E-state index in [9.17, 15) is 18.3 Å². The normalized spacial score (nSPS) is 21.5. The van der Waals surface area contributed by atoms with Crippen LogP contribution in [0.1, 0.15) is 32.8 Å². The number of carbonyl (C=O) groups is 1. The summed E-state index contributed by atoms with van der Waals surface area (Å²) in [4.78, 5) is 13.7. The van der Waals surface area contributed by atoms with Gasteiger partial charge in [0.05, 0.1) is 13.2 Å². The molecule has 0 spiro atoms. The Morgan fingerprint density at radius 2 is 2.16 bits per heavy atom. The molecule has 1 N–H and O–H groups in total. The van der Waals surface area contributed by atoms with Crippen molar-refractivity contribution in [3.63, 3.8) is 0 Å². The third-order valence-corrected chi connectivity index (χ3v) is 7.32. The fraction of sp³-hybridized carbons (Fsp3) is 0.591. The third-order valence-electron chi connectivity index (χ3n) is 5.30. The molecular weight excluding hydrogens is 420 g/mol. The maximum atomic E-state index is 13.4. The van der Waals surface area contributed by atoms with E-state index in [4.69, 9.17) is 9.47 Å². The summed E-state index contributed by atoms with van der Waals surface area (Å²) in [6.07, 6.45) is -0.0690. The van der Waals surface area contributed by atoms with Crippen LogP contribution in [0.4, 0.5) is 0 Å². The van der Waals surface area contributed by atoms with Gasteiger partial charge < -0.3 is 19.5 Å². The Bertz CT molecular complexity index is 937. The van der Waals surface area contributed by atoms with Crippen molar-refractivity contribution in [3.8, 4) is 17.6 Å². The van der Waals surface area contributed by atoms with Crippen LogP contribution in [0.5, 0.6) is 5.75 Å². The average Bonchev–Trinajstić information content (AvgIpc) is 2.75. The molecule has 8 nitrogen and oxygen atoms in total. The molecule has 0 saturated carbocycles. The standard InChI is InChI=1S/C22H32N2O6S/c1-6-22(26)23(4)14-20-16(2)13-24(17(3)15-25)31(27,28)21-10-9-18(8-7-11-29-5)12-19(21)30-20/h9-10,12,16-17,20,25H,6,11,13-15H2,1-5H3/t16-,17-,20+/m1/s1. The highest BCUT2D eigenvalue weighted by Crippen LogP contribution is 2.34. The van der Waals surface area contributed by atoms with E-state index < -0.39 is 22.2 Å². The molecule has 1 aromatic rings. The minimum Gasteiger partial charge on any atom is -0.487 e. The van der Waals surface area contributed by atoms with Crippen LogP contribution in [-0.2, 0) is 19.6 Å². The van der Waals surface area contributed by atoms with E-state index in [1.54, 1.807) is 45.0 Å². The highest BCUT2D eigenvalue weighted by molar-refractivity contribution is 7.89. The van der Waals surface area contributed by atoms with Crippen molar-refractivity contribution in [1.82, 2.24) is 9.21 Å². The van der Waals surface area contributed by atoms with Gasteiger partial charge in [0.15, 0.2) is 0 Å². The Balaban J connectivity index is 2.56. The van der Waals surface area contributed by atoms with Crippen molar-refractivity contribution in [1.29, 1.82) is 0 Å². The van der Waals surface area contributed by atoms with Crippen LogP contribution in [0.2, 0.25) is 0 Å². The molecule has 9 heteroatoms. The number of methoxy groups -OCH3 is 1. The number of aliphatic hydroxyl groups is 1. The molecule has 1 aliphatic rings. The Morgan fingerprint density at radius 1 is 1.45 bits per heavy atom. The van der Waals surface area contributed by atoms with Crippen LogP contribution in [0.15, 0.2) is 23.1 Å². The van der Waals surface area contributed by atoms with Crippen molar-refractivity contribution in [2.24, 2.45) is 5.92 Å². The van der Waals surface area contributed by atoms with Crippen LogP contribution in [0.25, 0.3) is 0 Å². The SMILES string of the molecule is CCC(=O)N(C)C[C@@H]1Oc2cc(C#CCOC)ccc2S(=O)(=O)N([C@H](C)CO)C[C@H]1C. The molecule has 31 heavy (non-hydrogen) atoms. The topological polar surface area (TPSA) is 96.4 Å². The van der Waals surface area contributed by atoms with Gasteiger partial charge in [-0.2, -0.15) is 4.31 Å². The van der Waals surface area contributed by atoms with Gasteiger partial charge in [0.1, 0.15) is 23.4 Å². The lowest BCUT2D eigenvalue weighted by molar-refractivity contribution is -0.131. The minimum absolute atomic E-state index is 0.0199. The summed E-state index contributed by atoms with van der Waals surface area (Å²) >= 11 is 0. The lowest BCUT2D eigenvalue weighted by Crippen LogP contribution is -2.50. The van der Waals surface area contributed by atoms with Gasteiger partial charge in [-0.1, -0.05) is 25.7 Å². The molecule has 1 amide bonds. The van der Waals surface area contributed by atoms with Gasteiger partial charge in [0.2, 0.25) is 15.9 Å². The monoisotopic (exact) mass is 452 g/mol. The van der Waals surface area contributed by atoms with Crippen molar-refractivity contribution in [2.45, 2.75) is 44.2 Å². The number of amides is 1. The Labute approximate surface area is 185 Å². The Kier molecular flexibility index (Phi) is 8.89. The fourth-order valence-electron chi connectivity index (χ4n) is 3.37. The molecular formula is C22H32N2O6S. The van der Waals surface area contributed by atoms with Crippen LogP contribution < -0.4 is 4.74 Å². The van der Waals surface area contributed by atoms with Crippen LogP contribution >= 0.6 is 0 Å². The molecule has 172 valence electrons. The number of ether oxygens (including phenoxy) is 2. The Morgan fingerprint density at radius 3 is 2.77 bits per heavy atom. The second kappa shape index (κ2) is 11.0. The zero-order valence-electron chi connectivity index (χ0n) is 18.8. The first-order valence-corrected chi connectivity index (χ1v) is 11.7. The van der Waals surface area contributed by atoms with Gasteiger partial charge in [-0.25, -0.2) is 8.42 Å². The number of hydrogen-bond donors (Lipinski definition) is 1. The highest BCUT2D eigenvalue weighted by Gasteiger charge is 2.38. The van der Waals surface area contributed by atoms with Gasteiger partial charge in [0.25, 0.3) is 0 Å². The first-order chi connectivity index (χ1) is 14.6. The first-order valence-electron chi connectivity index (χ1n) is 10.3. The third kappa shape index (κ3) is 5.98. The van der Waals surface area contributed by atoms with Gasteiger partial charge in [0, 0.05) is 44.6 Å². The van der Waals surface area contributed by atoms with Gasteiger partial charge in [-0.05, 0) is 25.1 Å². The van der Waals surface area contributed by atoms with Gasteiger partial charge >= 0.3 is 0 Å². The van der Waals surface area contributed by atoms with E-state index in [-0.39, 0.29) is 42.2 Å². The quantitative estimate of drug-likeness (QED) is 0.654. The number of benzene rings is 1. The van der Waals surface area contributed by atoms with E-state index in [2.05, 4.69) is 11.8 Å². The van der Waals surface area contributed by atoms with Crippen LogP contribution in [-0.4, -0.2) is 81.2 Å². The van der Waals surface area contributed by atoms with E-state index >= 15 is 0 Å². The second-order valence-electron chi connectivity index (χ2n) is 7.76. The molecule has 0 radical (unpaired) electrons. The summed E-state index contributed by atoms with van der Waals surface area (Å²) in [7, 11) is -0.656. The number of aliphatic hydroxyl groups excluding tert-OH is 1. The summed E-state index contributed by atoms with van der Waals surface area (Å²) in [5, 5.41) is 9.68. The lowest BCUT2D eigenvalue weighted by atomic mass is 10.0. The molecule has 0 aliphatic carbocycles. The molecule has 1 aliphatic heterocycles. The Hall–Kier alpha value is -2.12. The van der Waals surface area contributed by atoms with Crippen molar-refractivity contribution in [2.75, 3.05) is 40.5 Å². The second-order valence-corrected chi connectivity index (χ2v) is 9.62. The van der Waals surface area contributed by atoms with Gasteiger partial charge in [-0.3, -0.25) is 4.79 Å². The molecule has 1 aromatic carbocycles. The van der Waals surface area contributed by atoms with Gasteiger partial charge in [-0.15, -0.1) is 0 Å². The average molecular weight is 453 g/mol. The summed E-state index contributed by atoms with van der Waals surface area (Å²) < 4.78 is 39.2. The van der Waals surface area contributed by atoms with E-state index in [0.717, 1.165) is 0 Å². The van der Waals surface area contributed by atoms with Crippen molar-refractivity contribution in [3.05, 3.63) is 23.8 Å². The number of carbonyl (C=O) groups excluding carboxylic acids is 1. The number of hydrogen-bond acceptors (Lipinski definition) is 6. The molecule has 0 saturated heterocycles. The minimum atomic E-state index is -3.91. The summed E-state index contributed by atoms with van der Waals surface area (Å²) in [6.45, 7) is 5.77. The zero-order chi connectivity index (χ0) is 23.2. The first kappa shape index (κ1) is 25.1. The van der Waals surface area contributed by atoms with Crippen molar-refractivity contribution >= 4 is 15.9 Å². The molecule has 1 heterocycles. The molecule has 3 atom stereocenters. The van der Waals surface area contributed by atoms with E-state index in [1.807, 2.05) is 6.92 Å².